The van der Waals surface area contributed by atoms with Crippen LogP contribution in [0.2, 0.25) is 0 Å². The molecule has 1 rings (SSSR count). The summed E-state index contributed by atoms with van der Waals surface area (Å²) in [6, 6.07) is 0. The molecule has 0 N–H and O–H groups in total. The van der Waals surface area contributed by atoms with Gasteiger partial charge in [-0.1, -0.05) is 0 Å². The molecule has 1 heterocycles. The third kappa shape index (κ3) is 3.65. The molecular weight excluding hydrogens is 197 g/mol. The molecule has 0 amide bonds. The minimum Gasteiger partial charge on any atom is -0.368 e. The number of carbonyl (C=O) groups excluding carboxylic acids is 1. The summed E-state index contributed by atoms with van der Waals surface area (Å²) in [7, 11) is 0. The molecule has 0 aromatic heterocycles. The van der Waals surface area contributed by atoms with Crippen LogP contribution in [0.4, 0.5) is 13.2 Å². The molecule has 2 nitrogen and oxygen atoms in total. The van der Waals surface area contributed by atoms with E-state index in [1.165, 1.54) is 0 Å². The van der Waals surface area contributed by atoms with E-state index in [9.17, 15) is 18.0 Å². The quantitative estimate of drug-likeness (QED) is 0.715. The smallest absolute Gasteiger partial charge is 0.368 e. The number of carbonyl (C=O) groups is 1. The van der Waals surface area contributed by atoms with Crippen molar-refractivity contribution in [1.29, 1.82) is 0 Å². The molecule has 1 fully saturated rings. The van der Waals surface area contributed by atoms with Gasteiger partial charge in [0, 0.05) is 6.42 Å². The molecule has 0 spiro atoms. The highest BCUT2D eigenvalue weighted by Gasteiger charge is 2.32. The maximum atomic E-state index is 11.8. The highest BCUT2D eigenvalue weighted by molar-refractivity contribution is 5.83. The summed E-state index contributed by atoms with van der Waals surface area (Å²) in [5.74, 6) is -0.424. The zero-order chi connectivity index (χ0) is 10.8. The summed E-state index contributed by atoms with van der Waals surface area (Å²) in [5.41, 5.74) is 0. The summed E-state index contributed by atoms with van der Waals surface area (Å²) in [6.45, 7) is 1.82. The second kappa shape index (κ2) is 4.29. The van der Waals surface area contributed by atoms with Crippen LogP contribution < -0.4 is 0 Å². The Kier molecular flexibility index (Phi) is 3.53. The molecule has 0 aliphatic carbocycles. The van der Waals surface area contributed by atoms with E-state index in [0.717, 1.165) is 6.42 Å². The van der Waals surface area contributed by atoms with Crippen molar-refractivity contribution in [1.82, 2.24) is 0 Å². The molecule has 0 bridgehead atoms. The van der Waals surface area contributed by atoms with Crippen LogP contribution in [0.15, 0.2) is 0 Å². The van der Waals surface area contributed by atoms with Crippen LogP contribution in [0.1, 0.15) is 32.6 Å². The van der Waals surface area contributed by atoms with Crippen LogP contribution >= 0.6 is 0 Å². The van der Waals surface area contributed by atoms with Gasteiger partial charge in [-0.2, -0.15) is 13.2 Å². The van der Waals surface area contributed by atoms with Crippen molar-refractivity contribution in [3.05, 3.63) is 0 Å². The van der Waals surface area contributed by atoms with Gasteiger partial charge in [0.2, 0.25) is 0 Å². The van der Waals surface area contributed by atoms with Crippen molar-refractivity contribution in [2.45, 2.75) is 51.0 Å². The van der Waals surface area contributed by atoms with Gasteiger partial charge in [0.25, 0.3) is 0 Å². The molecule has 5 heteroatoms. The monoisotopic (exact) mass is 210 g/mol. The Bertz CT molecular complexity index is 213. The number of hydrogen-bond acceptors (Lipinski definition) is 2. The van der Waals surface area contributed by atoms with Crippen LogP contribution in [-0.2, 0) is 9.53 Å². The molecule has 0 aromatic carbocycles. The lowest BCUT2D eigenvalue weighted by Gasteiger charge is -2.10. The van der Waals surface area contributed by atoms with E-state index >= 15 is 0 Å². The molecule has 0 radical (unpaired) electrons. The molecule has 1 aliphatic heterocycles. The molecule has 14 heavy (non-hydrogen) atoms. The van der Waals surface area contributed by atoms with E-state index in [4.69, 9.17) is 4.74 Å². The van der Waals surface area contributed by atoms with Gasteiger partial charge in [-0.25, -0.2) is 0 Å². The van der Waals surface area contributed by atoms with Crippen LogP contribution in [0.25, 0.3) is 0 Å². The maximum absolute atomic E-state index is 11.8. The van der Waals surface area contributed by atoms with Crippen molar-refractivity contribution in [3.8, 4) is 0 Å². The number of ketones is 1. The summed E-state index contributed by atoms with van der Waals surface area (Å²) in [5, 5.41) is 0. The fourth-order valence-corrected chi connectivity index (χ4v) is 1.47. The normalized spacial score (nSPS) is 28.0. The Morgan fingerprint density at radius 3 is 2.50 bits per heavy atom. The van der Waals surface area contributed by atoms with E-state index in [2.05, 4.69) is 0 Å². The first-order chi connectivity index (χ1) is 6.38. The van der Waals surface area contributed by atoms with Gasteiger partial charge in [0.1, 0.15) is 6.10 Å². The predicted molar refractivity (Wildman–Crippen MR) is 43.9 cm³/mol. The lowest BCUT2D eigenvalue weighted by Crippen LogP contribution is -2.22. The average molecular weight is 210 g/mol. The van der Waals surface area contributed by atoms with Crippen LogP contribution in [-0.4, -0.2) is 24.2 Å². The number of hydrogen-bond donors (Lipinski definition) is 0. The van der Waals surface area contributed by atoms with Crippen molar-refractivity contribution < 1.29 is 22.7 Å². The Morgan fingerprint density at radius 1 is 1.43 bits per heavy atom. The largest absolute Gasteiger partial charge is 0.389 e. The van der Waals surface area contributed by atoms with E-state index in [-0.39, 0.29) is 6.10 Å². The topological polar surface area (TPSA) is 26.3 Å². The highest BCUT2D eigenvalue weighted by atomic mass is 19.4. The zero-order valence-electron chi connectivity index (χ0n) is 7.93. The van der Waals surface area contributed by atoms with Gasteiger partial charge in [-0.05, 0) is 19.8 Å². The zero-order valence-corrected chi connectivity index (χ0v) is 7.93. The summed E-state index contributed by atoms with van der Waals surface area (Å²) >= 11 is 0. The maximum Gasteiger partial charge on any atom is 0.389 e. The number of Topliss-reactive ketones (excluding diaryl/α,β-unsaturated/α-hetero) is 1. The van der Waals surface area contributed by atoms with E-state index < -0.39 is 30.9 Å². The van der Waals surface area contributed by atoms with Gasteiger partial charge < -0.3 is 4.74 Å². The number of halogens is 3. The van der Waals surface area contributed by atoms with Gasteiger partial charge in [-0.15, -0.1) is 0 Å². The van der Waals surface area contributed by atoms with Crippen molar-refractivity contribution in [2.24, 2.45) is 0 Å². The van der Waals surface area contributed by atoms with Gasteiger partial charge in [-0.3, -0.25) is 4.79 Å². The molecule has 0 aromatic rings. The van der Waals surface area contributed by atoms with Crippen LogP contribution in [0.3, 0.4) is 0 Å². The first-order valence-corrected chi connectivity index (χ1v) is 4.63. The fourth-order valence-electron chi connectivity index (χ4n) is 1.47. The Labute approximate surface area is 80.4 Å². The third-order valence-corrected chi connectivity index (χ3v) is 2.25. The van der Waals surface area contributed by atoms with Crippen molar-refractivity contribution in [2.75, 3.05) is 0 Å². The second-order valence-electron chi connectivity index (χ2n) is 3.59. The lowest BCUT2D eigenvalue weighted by molar-refractivity contribution is -0.147. The first-order valence-electron chi connectivity index (χ1n) is 4.63. The molecule has 0 saturated carbocycles. The Hall–Kier alpha value is -0.580. The van der Waals surface area contributed by atoms with Crippen LogP contribution in [0.5, 0.6) is 0 Å². The Morgan fingerprint density at radius 2 is 2.07 bits per heavy atom. The van der Waals surface area contributed by atoms with E-state index in [1.807, 2.05) is 6.92 Å². The second-order valence-corrected chi connectivity index (χ2v) is 3.59. The molecule has 2 atom stereocenters. The van der Waals surface area contributed by atoms with Gasteiger partial charge in [0.15, 0.2) is 5.78 Å². The van der Waals surface area contributed by atoms with Gasteiger partial charge >= 0.3 is 6.18 Å². The molecule has 2 unspecified atom stereocenters. The minimum absolute atomic E-state index is 0.00478. The van der Waals surface area contributed by atoms with Crippen molar-refractivity contribution >= 4 is 5.78 Å². The molecule has 82 valence electrons. The van der Waals surface area contributed by atoms with Crippen molar-refractivity contribution in [3.63, 3.8) is 0 Å². The number of rotatable bonds is 3. The summed E-state index contributed by atoms with van der Waals surface area (Å²) < 4.78 is 40.5. The third-order valence-electron chi connectivity index (χ3n) is 2.25. The molecule has 1 aliphatic rings. The van der Waals surface area contributed by atoms with E-state index in [1.54, 1.807) is 0 Å². The summed E-state index contributed by atoms with van der Waals surface area (Å²) in [4.78, 5) is 11.2. The minimum atomic E-state index is -4.25. The average Bonchev–Trinajstić information content (AvgIpc) is 2.46. The Balaban J connectivity index is 2.29. The SMILES string of the molecule is CC1CCC(C(=O)CCC(F)(F)F)O1. The summed E-state index contributed by atoms with van der Waals surface area (Å²) in [6.07, 6.45) is -5.05. The lowest BCUT2D eigenvalue weighted by atomic mass is 10.1. The number of alkyl halides is 3. The molecule has 1 saturated heterocycles. The van der Waals surface area contributed by atoms with Crippen LogP contribution in [0, 0.1) is 0 Å². The highest BCUT2D eigenvalue weighted by Crippen LogP contribution is 2.25. The van der Waals surface area contributed by atoms with E-state index in [0.29, 0.717) is 6.42 Å². The predicted octanol–water partition coefficient (Wildman–Crippen LogP) is 2.47. The molecular formula is C9H13F3O2. The van der Waals surface area contributed by atoms with Gasteiger partial charge in [0.05, 0.1) is 12.5 Å². The standard InChI is InChI=1S/C9H13F3O2/c1-6-2-3-8(14-6)7(13)4-5-9(10,11)12/h6,8H,2-5H2,1H3. The number of ether oxygens (including phenoxy) is 1. The fraction of sp³-hybridized carbons (Fsp3) is 0.889. The first kappa shape index (κ1) is 11.5.